The van der Waals surface area contributed by atoms with Crippen LogP contribution < -0.4 is 4.72 Å². The van der Waals surface area contributed by atoms with Gasteiger partial charge >= 0.3 is 0 Å². The molecule has 18 heavy (non-hydrogen) atoms. The standard InChI is InChI=1S/C11H16ClNO4S/c1-8-3-4-11(10(12)5-8)18(15,16)13-9(6-14)7-17-2/h3-5,9,13-14H,6-7H2,1-2H3. The summed E-state index contributed by atoms with van der Waals surface area (Å²) in [5.41, 5.74) is 0.870. The number of hydrogen-bond acceptors (Lipinski definition) is 4. The third-order valence-corrected chi connectivity index (χ3v) is 4.29. The third kappa shape index (κ3) is 3.93. The summed E-state index contributed by atoms with van der Waals surface area (Å²) in [6.45, 7) is 1.55. The zero-order valence-electron chi connectivity index (χ0n) is 10.2. The number of sulfonamides is 1. The summed E-state index contributed by atoms with van der Waals surface area (Å²) in [4.78, 5) is -0.00989. The summed E-state index contributed by atoms with van der Waals surface area (Å²) in [6, 6.07) is 3.96. The van der Waals surface area contributed by atoms with Gasteiger partial charge in [0, 0.05) is 7.11 Å². The Morgan fingerprint density at radius 2 is 2.17 bits per heavy atom. The van der Waals surface area contributed by atoms with Gasteiger partial charge in [0.05, 0.1) is 24.3 Å². The van der Waals surface area contributed by atoms with Crippen LogP contribution in [0.15, 0.2) is 23.1 Å². The largest absolute Gasteiger partial charge is 0.395 e. The Bertz CT molecular complexity index is 504. The van der Waals surface area contributed by atoms with E-state index in [9.17, 15) is 8.42 Å². The molecule has 0 saturated carbocycles. The van der Waals surface area contributed by atoms with E-state index >= 15 is 0 Å². The van der Waals surface area contributed by atoms with Gasteiger partial charge in [0.2, 0.25) is 10.0 Å². The van der Waals surface area contributed by atoms with Crippen molar-refractivity contribution in [2.24, 2.45) is 0 Å². The molecule has 0 aliphatic heterocycles. The molecule has 0 aromatic heterocycles. The van der Waals surface area contributed by atoms with E-state index in [1.807, 2.05) is 6.92 Å². The van der Waals surface area contributed by atoms with Gasteiger partial charge in [-0.05, 0) is 24.6 Å². The van der Waals surface area contributed by atoms with Crippen LogP contribution in [-0.4, -0.2) is 39.9 Å². The van der Waals surface area contributed by atoms with Gasteiger partial charge in [-0.15, -0.1) is 0 Å². The monoisotopic (exact) mass is 293 g/mol. The molecular formula is C11H16ClNO4S. The molecule has 0 aliphatic carbocycles. The first-order valence-corrected chi connectivity index (χ1v) is 7.15. The number of aliphatic hydroxyl groups is 1. The van der Waals surface area contributed by atoms with Crippen LogP contribution in [0.5, 0.6) is 0 Å². The van der Waals surface area contributed by atoms with Crippen LogP contribution in [0.4, 0.5) is 0 Å². The summed E-state index contributed by atoms with van der Waals surface area (Å²) in [5, 5.41) is 9.19. The number of rotatable bonds is 6. The number of aliphatic hydroxyl groups excluding tert-OH is 1. The highest BCUT2D eigenvalue weighted by Gasteiger charge is 2.22. The lowest BCUT2D eigenvalue weighted by Gasteiger charge is -2.16. The van der Waals surface area contributed by atoms with Crippen LogP contribution in [0.1, 0.15) is 5.56 Å². The molecule has 0 bridgehead atoms. The van der Waals surface area contributed by atoms with Crippen LogP contribution in [-0.2, 0) is 14.8 Å². The van der Waals surface area contributed by atoms with Gasteiger partial charge in [-0.1, -0.05) is 17.7 Å². The molecule has 1 aromatic rings. The van der Waals surface area contributed by atoms with Crippen LogP contribution in [0.2, 0.25) is 5.02 Å². The Morgan fingerprint density at radius 1 is 1.50 bits per heavy atom. The number of aryl methyl sites for hydroxylation is 1. The van der Waals surface area contributed by atoms with E-state index in [1.165, 1.54) is 13.2 Å². The van der Waals surface area contributed by atoms with Crippen molar-refractivity contribution in [2.75, 3.05) is 20.3 Å². The fourth-order valence-corrected chi connectivity index (χ4v) is 3.24. The van der Waals surface area contributed by atoms with Crippen LogP contribution in [0, 0.1) is 6.92 Å². The molecule has 5 nitrogen and oxygen atoms in total. The fourth-order valence-electron chi connectivity index (χ4n) is 1.43. The SMILES string of the molecule is COCC(CO)NS(=O)(=O)c1ccc(C)cc1Cl. The molecule has 0 aliphatic rings. The van der Waals surface area contributed by atoms with Gasteiger partial charge in [-0.25, -0.2) is 13.1 Å². The smallest absolute Gasteiger partial charge is 0.242 e. The third-order valence-electron chi connectivity index (χ3n) is 2.29. The Balaban J connectivity index is 2.99. The molecule has 1 atom stereocenters. The van der Waals surface area contributed by atoms with Crippen molar-refractivity contribution in [3.8, 4) is 0 Å². The first-order chi connectivity index (χ1) is 8.40. The minimum absolute atomic E-state index is 0.00989. The number of hydrogen-bond donors (Lipinski definition) is 2. The highest BCUT2D eigenvalue weighted by Crippen LogP contribution is 2.22. The normalized spacial score (nSPS) is 13.6. The first kappa shape index (κ1) is 15.4. The Kier molecular flexibility index (Phi) is 5.55. The lowest BCUT2D eigenvalue weighted by atomic mass is 10.2. The molecule has 0 saturated heterocycles. The topological polar surface area (TPSA) is 75.6 Å². The van der Waals surface area contributed by atoms with Crippen molar-refractivity contribution >= 4 is 21.6 Å². The second-order valence-corrected chi connectivity index (χ2v) is 5.98. The molecule has 0 fully saturated rings. The second kappa shape index (κ2) is 6.49. The number of halogens is 1. The van der Waals surface area contributed by atoms with E-state index in [0.717, 1.165) is 5.56 Å². The van der Waals surface area contributed by atoms with E-state index in [-0.39, 0.29) is 23.1 Å². The zero-order valence-corrected chi connectivity index (χ0v) is 11.8. The van der Waals surface area contributed by atoms with Crippen molar-refractivity contribution in [3.63, 3.8) is 0 Å². The summed E-state index contributed by atoms with van der Waals surface area (Å²) >= 11 is 5.90. The summed E-state index contributed by atoms with van der Waals surface area (Å²) in [5.74, 6) is 0. The second-order valence-electron chi connectivity index (χ2n) is 3.89. The van der Waals surface area contributed by atoms with Gasteiger partial charge < -0.3 is 9.84 Å². The van der Waals surface area contributed by atoms with Crippen molar-refractivity contribution < 1.29 is 18.3 Å². The first-order valence-electron chi connectivity index (χ1n) is 5.29. The molecule has 102 valence electrons. The zero-order chi connectivity index (χ0) is 13.8. The highest BCUT2D eigenvalue weighted by atomic mass is 35.5. The maximum Gasteiger partial charge on any atom is 0.242 e. The van der Waals surface area contributed by atoms with Gasteiger partial charge in [-0.3, -0.25) is 0 Å². The predicted octanol–water partition coefficient (Wildman–Crippen LogP) is 0.934. The van der Waals surface area contributed by atoms with E-state index in [4.69, 9.17) is 21.4 Å². The molecule has 0 heterocycles. The van der Waals surface area contributed by atoms with Crippen LogP contribution >= 0.6 is 11.6 Å². The van der Waals surface area contributed by atoms with Gasteiger partial charge in [-0.2, -0.15) is 0 Å². The lowest BCUT2D eigenvalue weighted by molar-refractivity contribution is 0.139. The van der Waals surface area contributed by atoms with E-state index < -0.39 is 16.1 Å². The average molecular weight is 294 g/mol. The fraction of sp³-hybridized carbons (Fsp3) is 0.455. The molecular weight excluding hydrogens is 278 g/mol. The average Bonchev–Trinajstić information content (AvgIpc) is 2.27. The Labute approximate surface area is 112 Å². The summed E-state index contributed by atoms with van der Waals surface area (Å²) in [6.07, 6.45) is 0. The van der Waals surface area contributed by atoms with E-state index in [1.54, 1.807) is 12.1 Å². The maximum atomic E-state index is 12.0. The summed E-state index contributed by atoms with van der Waals surface area (Å²) in [7, 11) is -2.34. The minimum atomic E-state index is -3.76. The molecule has 7 heteroatoms. The van der Waals surface area contributed by atoms with Crippen LogP contribution in [0.25, 0.3) is 0 Å². The molecule has 0 amide bonds. The number of methoxy groups -OCH3 is 1. The maximum absolute atomic E-state index is 12.0. The molecule has 0 spiro atoms. The van der Waals surface area contributed by atoms with Crippen LogP contribution in [0.3, 0.4) is 0 Å². The number of benzene rings is 1. The molecule has 1 unspecified atom stereocenters. The van der Waals surface area contributed by atoms with Gasteiger partial charge in [0.1, 0.15) is 4.90 Å². The predicted molar refractivity (Wildman–Crippen MR) is 69.3 cm³/mol. The van der Waals surface area contributed by atoms with Gasteiger partial charge in [0.15, 0.2) is 0 Å². The minimum Gasteiger partial charge on any atom is -0.395 e. The van der Waals surface area contributed by atoms with Crippen molar-refractivity contribution in [1.82, 2.24) is 4.72 Å². The molecule has 1 aromatic carbocycles. The molecule has 0 radical (unpaired) electrons. The summed E-state index contributed by atoms with van der Waals surface area (Å²) < 4.78 is 31.2. The van der Waals surface area contributed by atoms with E-state index in [0.29, 0.717) is 0 Å². The highest BCUT2D eigenvalue weighted by molar-refractivity contribution is 7.89. The Hall–Kier alpha value is -0.660. The van der Waals surface area contributed by atoms with Crippen molar-refractivity contribution in [2.45, 2.75) is 17.9 Å². The number of ether oxygens (including phenoxy) is 1. The number of nitrogens with one attached hydrogen (secondary N) is 1. The van der Waals surface area contributed by atoms with Crippen molar-refractivity contribution in [1.29, 1.82) is 0 Å². The quantitative estimate of drug-likeness (QED) is 0.818. The lowest BCUT2D eigenvalue weighted by Crippen LogP contribution is -2.40. The van der Waals surface area contributed by atoms with E-state index in [2.05, 4.69) is 4.72 Å². The van der Waals surface area contributed by atoms with Crippen molar-refractivity contribution in [3.05, 3.63) is 28.8 Å². The molecule has 2 N–H and O–H groups in total. The Morgan fingerprint density at radius 3 is 2.67 bits per heavy atom. The molecule has 1 rings (SSSR count). The van der Waals surface area contributed by atoms with Gasteiger partial charge in [0.25, 0.3) is 0 Å².